The van der Waals surface area contributed by atoms with E-state index in [1.54, 1.807) is 24.3 Å². The number of rotatable bonds is 4. The Kier molecular flexibility index (Phi) is 4.85. The Bertz CT molecular complexity index is 806. The van der Waals surface area contributed by atoms with Crippen LogP contribution in [0.25, 0.3) is 0 Å². The molecule has 1 amide bonds. The fourth-order valence-corrected chi connectivity index (χ4v) is 1.89. The first-order valence-corrected chi connectivity index (χ1v) is 6.83. The van der Waals surface area contributed by atoms with Crippen LogP contribution in [0.3, 0.4) is 0 Å². The number of nitrogens with two attached hydrogens (primary N) is 1. The Hall–Kier alpha value is -3.46. The molecule has 0 atom stereocenters. The molecule has 0 fully saturated rings. The number of phenolic OH excluding ortho intramolecular Hbond substituents is 1. The van der Waals surface area contributed by atoms with Crippen LogP contribution in [0.15, 0.2) is 54.2 Å². The van der Waals surface area contributed by atoms with Gasteiger partial charge in [-0.2, -0.15) is 5.26 Å². The number of benzene rings is 2. The van der Waals surface area contributed by atoms with Crippen molar-refractivity contribution in [2.24, 2.45) is 0 Å². The number of hydrogen-bond donors (Lipinski definition) is 4. The molecule has 0 spiro atoms. The van der Waals surface area contributed by atoms with Crippen molar-refractivity contribution in [3.8, 4) is 11.8 Å². The molecule has 0 heterocycles. The third kappa shape index (κ3) is 4.25. The summed E-state index contributed by atoms with van der Waals surface area (Å²) in [5, 5.41) is 23.9. The molecule has 2 aromatic rings. The molecular weight excluding hydrogens is 292 g/mol. The van der Waals surface area contributed by atoms with Crippen LogP contribution >= 0.6 is 0 Å². The molecule has 6 heteroatoms. The van der Waals surface area contributed by atoms with Crippen LogP contribution in [-0.4, -0.2) is 11.0 Å². The van der Waals surface area contributed by atoms with Gasteiger partial charge in [-0.1, -0.05) is 12.1 Å². The molecule has 0 saturated heterocycles. The van der Waals surface area contributed by atoms with E-state index < -0.39 is 5.91 Å². The number of hydrogen-bond acceptors (Lipinski definition) is 5. The van der Waals surface area contributed by atoms with E-state index in [0.29, 0.717) is 17.1 Å². The molecule has 0 aliphatic rings. The molecule has 116 valence electrons. The summed E-state index contributed by atoms with van der Waals surface area (Å²) < 4.78 is 0. The lowest BCUT2D eigenvalue weighted by molar-refractivity contribution is -0.112. The maximum Gasteiger partial charge on any atom is 0.267 e. The van der Waals surface area contributed by atoms with Crippen LogP contribution in [0.1, 0.15) is 5.56 Å². The highest BCUT2D eigenvalue weighted by Crippen LogP contribution is 2.20. The predicted octanol–water partition coefficient (Wildman–Crippen LogP) is 2.74. The molecule has 0 bridgehead atoms. The van der Waals surface area contributed by atoms with Gasteiger partial charge in [0.25, 0.3) is 5.91 Å². The van der Waals surface area contributed by atoms with E-state index >= 15 is 0 Å². The van der Waals surface area contributed by atoms with Crippen LogP contribution in [0.2, 0.25) is 0 Å². The number of aromatic hydroxyl groups is 1. The van der Waals surface area contributed by atoms with E-state index in [1.807, 2.05) is 19.1 Å². The SMILES string of the molecule is Cc1ccc(N/C=C(/C#N)C(=O)Nc2cccc(O)c2)c(N)c1. The molecule has 0 aliphatic carbocycles. The number of amides is 1. The van der Waals surface area contributed by atoms with Gasteiger partial charge in [0, 0.05) is 18.0 Å². The van der Waals surface area contributed by atoms with Crippen LogP contribution in [0.5, 0.6) is 5.75 Å². The first-order valence-electron chi connectivity index (χ1n) is 6.83. The van der Waals surface area contributed by atoms with Crippen molar-refractivity contribution in [3.63, 3.8) is 0 Å². The molecule has 0 aliphatic heterocycles. The van der Waals surface area contributed by atoms with Crippen molar-refractivity contribution in [2.45, 2.75) is 6.92 Å². The lowest BCUT2D eigenvalue weighted by atomic mass is 10.2. The zero-order valence-electron chi connectivity index (χ0n) is 12.5. The van der Waals surface area contributed by atoms with Gasteiger partial charge in [0.05, 0.1) is 11.4 Å². The van der Waals surface area contributed by atoms with Crippen molar-refractivity contribution in [2.75, 3.05) is 16.4 Å². The standard InChI is InChI=1S/C17H16N4O2/c1-11-5-6-16(15(19)7-11)20-10-12(9-18)17(23)21-13-3-2-4-14(22)8-13/h2-8,10,20,22H,19H2,1H3,(H,21,23)/b12-10-. The number of carbonyl (C=O) groups is 1. The molecule has 0 unspecified atom stereocenters. The largest absolute Gasteiger partial charge is 0.508 e. The van der Waals surface area contributed by atoms with E-state index in [1.165, 1.54) is 18.3 Å². The maximum atomic E-state index is 12.1. The highest BCUT2D eigenvalue weighted by Gasteiger charge is 2.10. The minimum atomic E-state index is -0.587. The first-order chi connectivity index (χ1) is 11.0. The second kappa shape index (κ2) is 7.00. The summed E-state index contributed by atoms with van der Waals surface area (Å²) in [5.41, 5.74) is 8.28. The highest BCUT2D eigenvalue weighted by molar-refractivity contribution is 6.06. The average Bonchev–Trinajstić information content (AvgIpc) is 2.49. The van der Waals surface area contributed by atoms with Crippen molar-refractivity contribution in [3.05, 3.63) is 59.8 Å². The van der Waals surface area contributed by atoms with Gasteiger partial charge >= 0.3 is 0 Å². The van der Waals surface area contributed by atoms with Crippen molar-refractivity contribution in [1.82, 2.24) is 0 Å². The second-order valence-electron chi connectivity index (χ2n) is 4.91. The lowest BCUT2D eigenvalue weighted by Gasteiger charge is -2.08. The van der Waals surface area contributed by atoms with E-state index in [0.717, 1.165) is 5.56 Å². The molecule has 0 radical (unpaired) electrons. The van der Waals surface area contributed by atoms with Gasteiger partial charge in [-0.3, -0.25) is 4.79 Å². The van der Waals surface area contributed by atoms with Gasteiger partial charge in [0.1, 0.15) is 17.4 Å². The molecule has 5 N–H and O–H groups in total. The molecule has 2 aromatic carbocycles. The van der Waals surface area contributed by atoms with Crippen molar-refractivity contribution < 1.29 is 9.90 Å². The van der Waals surface area contributed by atoms with Crippen LogP contribution in [-0.2, 0) is 4.79 Å². The summed E-state index contributed by atoms with van der Waals surface area (Å²) in [6, 6.07) is 13.3. The summed E-state index contributed by atoms with van der Waals surface area (Å²) in [7, 11) is 0. The predicted molar refractivity (Wildman–Crippen MR) is 89.6 cm³/mol. The lowest BCUT2D eigenvalue weighted by Crippen LogP contribution is -2.14. The fourth-order valence-electron chi connectivity index (χ4n) is 1.89. The molecular formula is C17H16N4O2. The zero-order valence-corrected chi connectivity index (χ0v) is 12.5. The third-order valence-electron chi connectivity index (χ3n) is 3.05. The number of phenols is 1. The van der Waals surface area contributed by atoms with Gasteiger partial charge < -0.3 is 21.5 Å². The van der Waals surface area contributed by atoms with Gasteiger partial charge in [0.2, 0.25) is 0 Å². The Morgan fingerprint density at radius 2 is 2.09 bits per heavy atom. The van der Waals surface area contributed by atoms with Gasteiger partial charge in [-0.25, -0.2) is 0 Å². The Labute approximate surface area is 133 Å². The molecule has 0 aromatic heterocycles. The molecule has 23 heavy (non-hydrogen) atoms. The van der Waals surface area contributed by atoms with Gasteiger partial charge in [-0.05, 0) is 36.8 Å². The normalized spacial score (nSPS) is 10.7. The number of nitrogen functional groups attached to an aromatic ring is 1. The smallest absolute Gasteiger partial charge is 0.267 e. The van der Waals surface area contributed by atoms with Crippen LogP contribution in [0.4, 0.5) is 17.1 Å². The highest BCUT2D eigenvalue weighted by atomic mass is 16.3. The zero-order chi connectivity index (χ0) is 16.8. The molecule has 6 nitrogen and oxygen atoms in total. The first kappa shape index (κ1) is 15.9. The monoisotopic (exact) mass is 308 g/mol. The topological polar surface area (TPSA) is 111 Å². The summed E-state index contributed by atoms with van der Waals surface area (Å²) in [5.74, 6) is -0.563. The number of anilines is 3. The second-order valence-corrected chi connectivity index (χ2v) is 4.91. The van der Waals surface area contributed by atoms with E-state index in [2.05, 4.69) is 10.6 Å². The Morgan fingerprint density at radius 3 is 2.74 bits per heavy atom. The van der Waals surface area contributed by atoms with Gasteiger partial charge in [0.15, 0.2) is 0 Å². The van der Waals surface area contributed by atoms with Crippen molar-refractivity contribution in [1.29, 1.82) is 5.26 Å². The quantitative estimate of drug-likeness (QED) is 0.394. The van der Waals surface area contributed by atoms with Crippen LogP contribution < -0.4 is 16.4 Å². The van der Waals surface area contributed by atoms with E-state index in [-0.39, 0.29) is 11.3 Å². The Balaban J connectivity index is 2.12. The summed E-state index contributed by atoms with van der Waals surface area (Å²) in [4.78, 5) is 12.1. The number of nitrogens with zero attached hydrogens (tertiary/aromatic N) is 1. The number of carbonyl (C=O) groups excluding carboxylic acids is 1. The number of nitrogens with one attached hydrogen (secondary N) is 2. The summed E-state index contributed by atoms with van der Waals surface area (Å²) in [6.07, 6.45) is 1.29. The van der Waals surface area contributed by atoms with Crippen LogP contribution in [0, 0.1) is 18.3 Å². The van der Waals surface area contributed by atoms with Gasteiger partial charge in [-0.15, -0.1) is 0 Å². The number of aryl methyl sites for hydroxylation is 1. The fraction of sp³-hybridized carbons (Fsp3) is 0.0588. The molecule has 2 rings (SSSR count). The minimum absolute atomic E-state index is 0.0239. The van der Waals surface area contributed by atoms with Crippen molar-refractivity contribution >= 4 is 23.0 Å². The molecule has 0 saturated carbocycles. The van der Waals surface area contributed by atoms with E-state index in [9.17, 15) is 9.90 Å². The maximum absolute atomic E-state index is 12.1. The Morgan fingerprint density at radius 1 is 1.30 bits per heavy atom. The summed E-state index contributed by atoms with van der Waals surface area (Å²) in [6.45, 7) is 1.92. The number of nitriles is 1. The minimum Gasteiger partial charge on any atom is -0.508 e. The van der Waals surface area contributed by atoms with E-state index in [4.69, 9.17) is 11.0 Å². The third-order valence-corrected chi connectivity index (χ3v) is 3.05. The average molecular weight is 308 g/mol. The summed E-state index contributed by atoms with van der Waals surface area (Å²) >= 11 is 0.